The third kappa shape index (κ3) is 5.75. The minimum Gasteiger partial charge on any atom is -0.387 e. The lowest BCUT2D eigenvalue weighted by atomic mass is 10.0. The Morgan fingerprint density at radius 1 is 1.27 bits per heavy atom. The minimum absolute atomic E-state index is 0.0469. The molecule has 0 aliphatic heterocycles. The van der Waals surface area contributed by atoms with Gasteiger partial charge in [0.05, 0.1) is 59.2 Å². The number of alkyl halides is 3. The molecule has 3 aromatic rings. The van der Waals surface area contributed by atoms with Gasteiger partial charge in [-0.05, 0) is 19.9 Å². The first-order valence-electron chi connectivity index (χ1n) is 9.89. The molecule has 12 heteroatoms. The van der Waals surface area contributed by atoms with E-state index in [9.17, 15) is 23.1 Å². The molecule has 0 aromatic carbocycles. The van der Waals surface area contributed by atoms with Crippen LogP contribution in [0, 0.1) is 11.3 Å². The summed E-state index contributed by atoms with van der Waals surface area (Å²) >= 11 is 0. The van der Waals surface area contributed by atoms with Crippen molar-refractivity contribution in [2.45, 2.75) is 38.5 Å². The number of nitriles is 1. The number of nitrogens with one attached hydrogen (secondary N) is 2. The smallest absolute Gasteiger partial charge is 0.262 e. The normalized spacial score (nSPS) is 12.9. The summed E-state index contributed by atoms with van der Waals surface area (Å²) in [5.41, 5.74) is -0.294. The highest BCUT2D eigenvalue weighted by molar-refractivity contribution is 6.00. The first kappa shape index (κ1) is 23.9. The highest BCUT2D eigenvalue weighted by atomic mass is 19.3. The summed E-state index contributed by atoms with van der Waals surface area (Å²) in [5.74, 6) is -3.82. The zero-order valence-corrected chi connectivity index (χ0v) is 18.1. The topological polar surface area (TPSA) is 128 Å². The van der Waals surface area contributed by atoms with Gasteiger partial charge in [-0.1, -0.05) is 0 Å². The number of anilines is 1. The number of carbonyl (C=O) groups is 1. The van der Waals surface area contributed by atoms with E-state index in [0.29, 0.717) is 22.5 Å². The lowest BCUT2D eigenvalue weighted by Gasteiger charge is -2.23. The summed E-state index contributed by atoms with van der Waals surface area (Å²) in [6, 6.07) is 3.34. The number of fused-ring (bicyclic) bond motifs is 1. The van der Waals surface area contributed by atoms with Gasteiger partial charge in [0.15, 0.2) is 5.65 Å². The number of hydrogen-bond donors (Lipinski definition) is 3. The van der Waals surface area contributed by atoms with Crippen LogP contribution in [-0.2, 0) is 0 Å². The lowest BCUT2D eigenvalue weighted by molar-refractivity contribution is -0.00179. The number of rotatable bonds is 8. The summed E-state index contributed by atoms with van der Waals surface area (Å²) in [5, 5.41) is 27.7. The van der Waals surface area contributed by atoms with E-state index >= 15 is 0 Å². The molecule has 0 spiro atoms. The van der Waals surface area contributed by atoms with Crippen molar-refractivity contribution in [1.82, 2.24) is 24.9 Å². The van der Waals surface area contributed by atoms with E-state index in [1.807, 2.05) is 6.07 Å². The van der Waals surface area contributed by atoms with Crippen molar-refractivity contribution < 1.29 is 23.1 Å². The zero-order chi connectivity index (χ0) is 24.4. The average molecular weight is 461 g/mol. The third-order valence-electron chi connectivity index (χ3n) is 4.71. The van der Waals surface area contributed by atoms with Crippen LogP contribution in [0.3, 0.4) is 0 Å². The standard InChI is InChI=1S/C21H22F3N7O2/c1-20(2,33)17(22)9-28-19(32)14-7-26-15(4-16(14)29-11-21(3,23)24)13-8-30-31-10-12(5-25)6-27-18(13)31/h4,6-8,10,17,33H,9,11H2,1-3H3,(H,26,29)(H,28,32). The van der Waals surface area contributed by atoms with Gasteiger partial charge in [-0.15, -0.1) is 0 Å². The molecule has 0 aliphatic rings. The van der Waals surface area contributed by atoms with Crippen LogP contribution in [-0.4, -0.2) is 61.4 Å². The Kier molecular flexibility index (Phi) is 6.55. The van der Waals surface area contributed by atoms with E-state index < -0.39 is 36.7 Å². The van der Waals surface area contributed by atoms with Crippen LogP contribution >= 0.6 is 0 Å². The van der Waals surface area contributed by atoms with Gasteiger partial charge >= 0.3 is 0 Å². The number of aromatic nitrogens is 4. The van der Waals surface area contributed by atoms with E-state index in [4.69, 9.17) is 5.26 Å². The van der Waals surface area contributed by atoms with Gasteiger partial charge in [0.2, 0.25) is 0 Å². The maximum atomic E-state index is 14.0. The van der Waals surface area contributed by atoms with E-state index in [0.717, 1.165) is 6.92 Å². The van der Waals surface area contributed by atoms with Crippen LogP contribution in [0.25, 0.3) is 16.9 Å². The number of amides is 1. The second-order valence-electron chi connectivity index (χ2n) is 8.15. The first-order valence-corrected chi connectivity index (χ1v) is 9.89. The Morgan fingerprint density at radius 3 is 2.64 bits per heavy atom. The second-order valence-corrected chi connectivity index (χ2v) is 8.15. The largest absolute Gasteiger partial charge is 0.387 e. The Balaban J connectivity index is 1.95. The van der Waals surface area contributed by atoms with E-state index in [1.165, 1.54) is 49.2 Å². The van der Waals surface area contributed by atoms with Crippen molar-refractivity contribution in [2.24, 2.45) is 0 Å². The van der Waals surface area contributed by atoms with Crippen molar-refractivity contribution in [2.75, 3.05) is 18.4 Å². The Bertz CT molecular complexity index is 1210. The van der Waals surface area contributed by atoms with E-state index in [-0.39, 0.29) is 11.3 Å². The Labute approximate surface area is 187 Å². The average Bonchev–Trinajstić information content (AvgIpc) is 3.17. The summed E-state index contributed by atoms with van der Waals surface area (Å²) in [4.78, 5) is 21.0. The van der Waals surface area contributed by atoms with Gasteiger partial charge in [-0.2, -0.15) is 10.4 Å². The molecule has 1 unspecified atom stereocenters. The Hall–Kier alpha value is -3.72. The van der Waals surface area contributed by atoms with Crippen molar-refractivity contribution in [3.05, 3.63) is 42.0 Å². The third-order valence-corrected chi connectivity index (χ3v) is 4.71. The van der Waals surface area contributed by atoms with Gasteiger partial charge in [0.1, 0.15) is 12.2 Å². The molecular formula is C21H22F3N7O2. The van der Waals surface area contributed by atoms with Gasteiger partial charge in [-0.25, -0.2) is 22.7 Å². The number of aliphatic hydroxyl groups is 1. The molecule has 0 saturated heterocycles. The Morgan fingerprint density at radius 2 is 2.00 bits per heavy atom. The number of pyridine rings is 1. The maximum absolute atomic E-state index is 14.0. The summed E-state index contributed by atoms with van der Waals surface area (Å²) < 4.78 is 42.3. The predicted octanol–water partition coefficient (Wildman–Crippen LogP) is 2.57. The fourth-order valence-electron chi connectivity index (χ4n) is 2.82. The number of hydrogen-bond acceptors (Lipinski definition) is 7. The van der Waals surface area contributed by atoms with Gasteiger partial charge in [-0.3, -0.25) is 9.78 Å². The zero-order valence-electron chi connectivity index (χ0n) is 18.1. The molecule has 3 rings (SSSR count). The minimum atomic E-state index is -3.07. The molecule has 0 saturated carbocycles. The van der Waals surface area contributed by atoms with Crippen molar-refractivity contribution in [3.63, 3.8) is 0 Å². The summed E-state index contributed by atoms with van der Waals surface area (Å²) in [6.07, 6.45) is 3.70. The fourth-order valence-corrected chi connectivity index (χ4v) is 2.82. The molecule has 1 amide bonds. The van der Waals surface area contributed by atoms with Crippen LogP contribution in [0.2, 0.25) is 0 Å². The quantitative estimate of drug-likeness (QED) is 0.470. The predicted molar refractivity (Wildman–Crippen MR) is 114 cm³/mol. The SMILES string of the molecule is CC(F)(F)CNc1cc(-c2cnn3cc(C#N)cnc23)ncc1C(=O)NCC(F)C(C)(C)O. The fraction of sp³-hybridized carbons (Fsp3) is 0.381. The van der Waals surface area contributed by atoms with Gasteiger partial charge in [0, 0.05) is 19.3 Å². The summed E-state index contributed by atoms with van der Waals surface area (Å²) in [7, 11) is 0. The molecule has 3 N–H and O–H groups in total. The van der Waals surface area contributed by atoms with Crippen molar-refractivity contribution in [3.8, 4) is 17.3 Å². The highest BCUT2D eigenvalue weighted by Gasteiger charge is 2.28. The molecule has 9 nitrogen and oxygen atoms in total. The molecule has 3 heterocycles. The van der Waals surface area contributed by atoms with Gasteiger partial charge < -0.3 is 15.7 Å². The number of nitrogens with zero attached hydrogens (tertiary/aromatic N) is 5. The molecule has 3 aromatic heterocycles. The summed E-state index contributed by atoms with van der Waals surface area (Å²) in [6.45, 7) is 2.01. The molecule has 0 fully saturated rings. The molecule has 1 atom stereocenters. The monoisotopic (exact) mass is 461 g/mol. The van der Waals surface area contributed by atoms with Crippen LogP contribution in [0.5, 0.6) is 0 Å². The second kappa shape index (κ2) is 9.03. The molecule has 174 valence electrons. The van der Waals surface area contributed by atoms with Gasteiger partial charge in [0.25, 0.3) is 11.8 Å². The van der Waals surface area contributed by atoms with Crippen LogP contribution in [0.4, 0.5) is 18.9 Å². The first-order chi connectivity index (χ1) is 15.4. The lowest BCUT2D eigenvalue weighted by Crippen LogP contribution is -2.42. The highest BCUT2D eigenvalue weighted by Crippen LogP contribution is 2.27. The van der Waals surface area contributed by atoms with Crippen molar-refractivity contribution in [1.29, 1.82) is 5.26 Å². The van der Waals surface area contributed by atoms with Crippen LogP contribution < -0.4 is 10.6 Å². The molecular weight excluding hydrogens is 439 g/mol. The van der Waals surface area contributed by atoms with Crippen molar-refractivity contribution >= 4 is 17.2 Å². The van der Waals surface area contributed by atoms with E-state index in [2.05, 4.69) is 25.7 Å². The van der Waals surface area contributed by atoms with Crippen LogP contribution in [0.1, 0.15) is 36.7 Å². The number of carbonyl (C=O) groups excluding carboxylic acids is 1. The molecule has 0 bridgehead atoms. The number of halogens is 3. The molecule has 0 aliphatic carbocycles. The maximum Gasteiger partial charge on any atom is 0.262 e. The van der Waals surface area contributed by atoms with E-state index in [1.54, 1.807) is 0 Å². The molecule has 0 radical (unpaired) electrons. The van der Waals surface area contributed by atoms with Crippen LogP contribution in [0.15, 0.2) is 30.9 Å². The molecule has 33 heavy (non-hydrogen) atoms.